The topological polar surface area (TPSA) is 78.8 Å². The average Bonchev–Trinajstić information content (AvgIpc) is 2.75. The number of benzene rings is 3. The molecule has 0 saturated carbocycles. The molecule has 3 aromatic carbocycles. The Morgan fingerprint density at radius 2 is 1.70 bits per heavy atom. The van der Waals surface area contributed by atoms with E-state index in [9.17, 15) is 13.2 Å². The minimum atomic E-state index is -4.01. The molecule has 0 aliphatic rings. The van der Waals surface area contributed by atoms with E-state index in [1.54, 1.807) is 48.5 Å². The zero-order chi connectivity index (χ0) is 24.0. The number of hydrazone groups is 1. The first-order valence-electron chi connectivity index (χ1n) is 9.73. The molecule has 10 heteroatoms. The molecule has 0 unspecified atom stereocenters. The summed E-state index contributed by atoms with van der Waals surface area (Å²) in [5.41, 5.74) is 4.45. The Morgan fingerprint density at radius 3 is 2.36 bits per heavy atom. The highest BCUT2D eigenvalue weighted by molar-refractivity contribution is 7.89. The van der Waals surface area contributed by atoms with Gasteiger partial charge in [-0.3, -0.25) is 4.79 Å². The Balaban J connectivity index is 1.82. The zero-order valence-corrected chi connectivity index (χ0v) is 20.6. The molecule has 0 atom stereocenters. The van der Waals surface area contributed by atoms with Crippen LogP contribution >= 0.6 is 34.8 Å². The van der Waals surface area contributed by atoms with Crippen molar-refractivity contribution in [2.45, 2.75) is 18.4 Å². The molecule has 0 aliphatic carbocycles. The molecule has 0 radical (unpaired) electrons. The number of amides is 1. The van der Waals surface area contributed by atoms with Gasteiger partial charge >= 0.3 is 0 Å². The highest BCUT2D eigenvalue weighted by Crippen LogP contribution is 2.25. The number of nitrogens with zero attached hydrogens (tertiary/aromatic N) is 2. The minimum absolute atomic E-state index is 0.0633. The maximum atomic E-state index is 13.3. The van der Waals surface area contributed by atoms with Crippen molar-refractivity contribution in [3.63, 3.8) is 0 Å². The number of nitrogens with one attached hydrogen (secondary N) is 1. The van der Waals surface area contributed by atoms with Crippen molar-refractivity contribution in [1.29, 1.82) is 0 Å². The van der Waals surface area contributed by atoms with Crippen LogP contribution in [0.1, 0.15) is 16.7 Å². The summed E-state index contributed by atoms with van der Waals surface area (Å²) in [4.78, 5) is 12.6. The molecule has 0 bridgehead atoms. The molecule has 0 spiro atoms. The van der Waals surface area contributed by atoms with Gasteiger partial charge in [0.15, 0.2) is 0 Å². The van der Waals surface area contributed by atoms with Gasteiger partial charge in [0.1, 0.15) is 0 Å². The molecule has 0 heterocycles. The lowest BCUT2D eigenvalue weighted by atomic mass is 10.2. The van der Waals surface area contributed by atoms with Crippen molar-refractivity contribution >= 4 is 56.9 Å². The summed E-state index contributed by atoms with van der Waals surface area (Å²) in [5, 5.41) is 5.14. The van der Waals surface area contributed by atoms with Crippen LogP contribution in [0.4, 0.5) is 0 Å². The molecule has 0 fully saturated rings. The van der Waals surface area contributed by atoms with Gasteiger partial charge in [-0.25, -0.2) is 13.8 Å². The Kier molecular flexibility index (Phi) is 8.51. The predicted octanol–water partition coefficient (Wildman–Crippen LogP) is 5.30. The van der Waals surface area contributed by atoms with Gasteiger partial charge in [0.25, 0.3) is 5.91 Å². The van der Waals surface area contributed by atoms with Crippen LogP contribution in [0.5, 0.6) is 0 Å². The Morgan fingerprint density at radius 1 is 1.00 bits per heavy atom. The standard InChI is InChI=1S/C23H20Cl3N3O3S/c1-16-5-9-21(10-6-16)33(31,32)29(14-18-7-8-20(25)12-22(18)26)15-23(30)28-27-13-17-3-2-4-19(24)11-17/h2-13H,14-15H2,1H3,(H,28,30)/b27-13-. The molecule has 1 N–H and O–H groups in total. The number of hydrogen-bond donors (Lipinski definition) is 1. The third-order valence-electron chi connectivity index (χ3n) is 4.59. The summed E-state index contributed by atoms with van der Waals surface area (Å²) in [5.74, 6) is -0.617. The van der Waals surface area contributed by atoms with Gasteiger partial charge < -0.3 is 0 Å². The maximum absolute atomic E-state index is 13.3. The van der Waals surface area contributed by atoms with Crippen molar-refractivity contribution < 1.29 is 13.2 Å². The lowest BCUT2D eigenvalue weighted by molar-refractivity contribution is -0.121. The number of sulfonamides is 1. The van der Waals surface area contributed by atoms with Crippen molar-refractivity contribution in [3.8, 4) is 0 Å². The normalized spacial score (nSPS) is 11.8. The monoisotopic (exact) mass is 523 g/mol. The van der Waals surface area contributed by atoms with Gasteiger partial charge in [0.2, 0.25) is 10.0 Å². The summed E-state index contributed by atoms with van der Waals surface area (Å²) < 4.78 is 27.7. The van der Waals surface area contributed by atoms with Crippen molar-refractivity contribution in [1.82, 2.24) is 9.73 Å². The molecule has 0 saturated heterocycles. The van der Waals surface area contributed by atoms with Crippen LogP contribution in [-0.2, 0) is 21.4 Å². The zero-order valence-electron chi connectivity index (χ0n) is 17.5. The van der Waals surface area contributed by atoms with Crippen molar-refractivity contribution in [3.05, 3.63) is 98.5 Å². The first-order chi connectivity index (χ1) is 15.6. The molecule has 0 aromatic heterocycles. The molecular formula is C23H20Cl3N3O3S. The maximum Gasteiger partial charge on any atom is 0.255 e. The molecule has 33 heavy (non-hydrogen) atoms. The second kappa shape index (κ2) is 11.1. The van der Waals surface area contributed by atoms with Gasteiger partial charge in [-0.1, -0.05) is 70.7 Å². The number of halogens is 3. The van der Waals surface area contributed by atoms with Crippen LogP contribution in [-0.4, -0.2) is 31.4 Å². The average molecular weight is 525 g/mol. The van der Waals surface area contributed by atoms with E-state index in [1.807, 2.05) is 6.92 Å². The van der Waals surface area contributed by atoms with Crippen LogP contribution in [0.25, 0.3) is 0 Å². The van der Waals surface area contributed by atoms with Gasteiger partial charge in [-0.15, -0.1) is 0 Å². The van der Waals surface area contributed by atoms with Gasteiger partial charge in [-0.05, 0) is 54.4 Å². The third-order valence-corrected chi connectivity index (χ3v) is 7.22. The predicted molar refractivity (Wildman–Crippen MR) is 132 cm³/mol. The van der Waals surface area contributed by atoms with E-state index in [2.05, 4.69) is 10.5 Å². The summed E-state index contributed by atoms with van der Waals surface area (Å²) in [6.07, 6.45) is 1.42. The fourth-order valence-corrected chi connectivity index (χ4v) is 4.93. The molecular weight excluding hydrogens is 505 g/mol. The summed E-state index contributed by atoms with van der Waals surface area (Å²) in [6, 6.07) is 18.0. The first kappa shape index (κ1) is 25.2. The molecule has 0 aliphatic heterocycles. The summed E-state index contributed by atoms with van der Waals surface area (Å²) in [6.45, 7) is 1.26. The van der Waals surface area contributed by atoms with Gasteiger partial charge in [-0.2, -0.15) is 9.41 Å². The number of carbonyl (C=O) groups is 1. The quantitative estimate of drug-likeness (QED) is 0.321. The highest BCUT2D eigenvalue weighted by Gasteiger charge is 2.27. The van der Waals surface area contributed by atoms with Gasteiger partial charge in [0, 0.05) is 21.6 Å². The third kappa shape index (κ3) is 7.03. The molecule has 3 aromatic rings. The van der Waals surface area contributed by atoms with E-state index >= 15 is 0 Å². The number of aryl methyl sites for hydroxylation is 1. The van der Waals surface area contributed by atoms with Crippen LogP contribution in [0.2, 0.25) is 15.1 Å². The Hall–Kier alpha value is -2.42. The second-order valence-corrected chi connectivity index (χ2v) is 10.4. The van der Waals surface area contributed by atoms with E-state index in [0.717, 1.165) is 9.87 Å². The summed E-state index contributed by atoms with van der Waals surface area (Å²) in [7, 11) is -4.01. The molecule has 172 valence electrons. The smallest absolute Gasteiger partial charge is 0.255 e. The molecule has 1 amide bonds. The second-order valence-electron chi connectivity index (χ2n) is 7.17. The van der Waals surface area contributed by atoms with Crippen LogP contribution < -0.4 is 5.43 Å². The van der Waals surface area contributed by atoms with E-state index in [4.69, 9.17) is 34.8 Å². The Bertz CT molecular complexity index is 1280. The van der Waals surface area contributed by atoms with E-state index < -0.39 is 22.5 Å². The number of hydrogen-bond acceptors (Lipinski definition) is 4. The fraction of sp³-hybridized carbons (Fsp3) is 0.130. The molecule has 3 rings (SSSR count). The fourth-order valence-electron chi connectivity index (χ4n) is 2.89. The lowest BCUT2D eigenvalue weighted by Crippen LogP contribution is -2.39. The SMILES string of the molecule is Cc1ccc(S(=O)(=O)N(CC(=O)N/N=C\c2cccc(Cl)c2)Cc2ccc(Cl)cc2Cl)cc1. The van der Waals surface area contributed by atoms with Crippen molar-refractivity contribution in [2.24, 2.45) is 5.10 Å². The molecule has 6 nitrogen and oxygen atoms in total. The van der Waals surface area contributed by atoms with Crippen LogP contribution in [0.15, 0.2) is 76.7 Å². The van der Waals surface area contributed by atoms with Gasteiger partial charge in [0.05, 0.1) is 17.7 Å². The van der Waals surface area contributed by atoms with Crippen molar-refractivity contribution in [2.75, 3.05) is 6.54 Å². The lowest BCUT2D eigenvalue weighted by Gasteiger charge is -2.22. The first-order valence-corrected chi connectivity index (χ1v) is 12.3. The minimum Gasteiger partial charge on any atom is -0.272 e. The summed E-state index contributed by atoms with van der Waals surface area (Å²) >= 11 is 18.1. The number of rotatable bonds is 8. The van der Waals surface area contributed by atoms with E-state index in [-0.39, 0.29) is 11.4 Å². The highest BCUT2D eigenvalue weighted by atomic mass is 35.5. The Labute approximate surface area is 207 Å². The largest absolute Gasteiger partial charge is 0.272 e. The van der Waals surface area contributed by atoms with E-state index in [1.165, 1.54) is 24.4 Å². The van der Waals surface area contributed by atoms with E-state index in [0.29, 0.717) is 26.2 Å². The van der Waals surface area contributed by atoms with Crippen LogP contribution in [0, 0.1) is 6.92 Å². The van der Waals surface area contributed by atoms with Crippen LogP contribution in [0.3, 0.4) is 0 Å². The number of carbonyl (C=O) groups excluding carboxylic acids is 1.